The number of rotatable bonds is 9. The third-order valence-corrected chi connectivity index (χ3v) is 5.06. The lowest BCUT2D eigenvalue weighted by Gasteiger charge is -2.13. The first-order chi connectivity index (χ1) is 13.2. The minimum atomic E-state index is -3.75. The molecule has 0 atom stereocenters. The van der Waals surface area contributed by atoms with Crippen LogP contribution in [0.1, 0.15) is 26.3 Å². The number of amides is 1. The Balaban J connectivity index is 2.07. The fraction of sp³-hybridized carbons (Fsp3) is 0.350. The SMILES string of the molecule is CCOc1ccc(NS(=O)(=O)c2ccc(OCC(=O)NC(C)C)c(C)c2)cc1. The van der Waals surface area contributed by atoms with E-state index in [1.165, 1.54) is 12.1 Å². The topological polar surface area (TPSA) is 93.7 Å². The highest BCUT2D eigenvalue weighted by Crippen LogP contribution is 2.24. The van der Waals surface area contributed by atoms with Crippen molar-refractivity contribution >= 4 is 21.6 Å². The summed E-state index contributed by atoms with van der Waals surface area (Å²) in [7, 11) is -3.75. The molecule has 0 saturated heterocycles. The van der Waals surface area contributed by atoms with Crippen molar-refractivity contribution in [2.24, 2.45) is 0 Å². The molecule has 7 nitrogen and oxygen atoms in total. The van der Waals surface area contributed by atoms with Gasteiger partial charge in [0.05, 0.1) is 11.5 Å². The number of sulfonamides is 1. The van der Waals surface area contributed by atoms with E-state index in [2.05, 4.69) is 10.0 Å². The second-order valence-corrected chi connectivity index (χ2v) is 8.18. The molecule has 0 radical (unpaired) electrons. The molecule has 8 heteroatoms. The summed E-state index contributed by atoms with van der Waals surface area (Å²) in [6.07, 6.45) is 0. The fourth-order valence-corrected chi connectivity index (χ4v) is 3.60. The van der Waals surface area contributed by atoms with Crippen molar-refractivity contribution in [3.05, 3.63) is 48.0 Å². The van der Waals surface area contributed by atoms with Crippen LogP contribution in [0.5, 0.6) is 11.5 Å². The standard InChI is InChI=1S/C20H26N2O5S/c1-5-26-17-8-6-16(7-9-17)22-28(24,25)18-10-11-19(15(4)12-18)27-13-20(23)21-14(2)3/h6-12,14,22H,5,13H2,1-4H3,(H,21,23). The number of carbonyl (C=O) groups is 1. The molecule has 2 N–H and O–H groups in total. The molecule has 0 aliphatic carbocycles. The quantitative estimate of drug-likeness (QED) is 0.667. The van der Waals surface area contributed by atoms with Crippen LogP contribution in [-0.4, -0.2) is 33.6 Å². The van der Waals surface area contributed by atoms with Crippen LogP contribution in [0.15, 0.2) is 47.4 Å². The van der Waals surface area contributed by atoms with E-state index in [0.29, 0.717) is 29.4 Å². The van der Waals surface area contributed by atoms with Gasteiger partial charge in [0, 0.05) is 11.7 Å². The Morgan fingerprint density at radius 2 is 1.75 bits per heavy atom. The summed E-state index contributed by atoms with van der Waals surface area (Å²) >= 11 is 0. The molecule has 0 saturated carbocycles. The molecule has 2 rings (SSSR count). The molecule has 2 aromatic rings. The van der Waals surface area contributed by atoms with Crippen molar-refractivity contribution in [1.82, 2.24) is 5.32 Å². The first-order valence-electron chi connectivity index (χ1n) is 8.99. The lowest BCUT2D eigenvalue weighted by Crippen LogP contribution is -2.34. The monoisotopic (exact) mass is 406 g/mol. The number of anilines is 1. The number of ether oxygens (including phenoxy) is 2. The predicted octanol–water partition coefficient (Wildman–Crippen LogP) is 3.10. The predicted molar refractivity (Wildman–Crippen MR) is 108 cm³/mol. The summed E-state index contributed by atoms with van der Waals surface area (Å²) in [6, 6.07) is 11.2. The Kier molecular flexibility index (Phi) is 7.28. The summed E-state index contributed by atoms with van der Waals surface area (Å²) in [6.45, 7) is 7.74. The van der Waals surface area contributed by atoms with Gasteiger partial charge in [-0.05, 0) is 75.7 Å². The molecule has 0 aliphatic rings. The van der Waals surface area contributed by atoms with Gasteiger partial charge in [0.2, 0.25) is 0 Å². The Morgan fingerprint density at radius 1 is 1.07 bits per heavy atom. The molecule has 0 bridgehead atoms. The Bertz CT molecular complexity index is 909. The van der Waals surface area contributed by atoms with Crippen LogP contribution < -0.4 is 19.5 Å². The summed E-state index contributed by atoms with van der Waals surface area (Å²) in [5.74, 6) is 0.895. The number of aryl methyl sites for hydroxylation is 1. The van der Waals surface area contributed by atoms with Crippen molar-refractivity contribution in [3.8, 4) is 11.5 Å². The van der Waals surface area contributed by atoms with Gasteiger partial charge in [-0.3, -0.25) is 9.52 Å². The summed E-state index contributed by atoms with van der Waals surface area (Å²) in [4.78, 5) is 11.8. The van der Waals surface area contributed by atoms with Crippen molar-refractivity contribution in [1.29, 1.82) is 0 Å². The Labute approximate surface area is 166 Å². The largest absolute Gasteiger partial charge is 0.494 e. The molecule has 2 aromatic carbocycles. The number of carbonyl (C=O) groups excluding carboxylic acids is 1. The lowest BCUT2D eigenvalue weighted by molar-refractivity contribution is -0.123. The molecule has 1 amide bonds. The maximum absolute atomic E-state index is 12.6. The smallest absolute Gasteiger partial charge is 0.261 e. The average molecular weight is 407 g/mol. The van der Waals surface area contributed by atoms with Gasteiger partial charge in [-0.25, -0.2) is 8.42 Å². The highest BCUT2D eigenvalue weighted by atomic mass is 32.2. The van der Waals surface area contributed by atoms with E-state index < -0.39 is 10.0 Å². The maximum atomic E-state index is 12.6. The molecule has 0 heterocycles. The van der Waals surface area contributed by atoms with Crippen molar-refractivity contribution in [2.45, 2.75) is 38.6 Å². The van der Waals surface area contributed by atoms with E-state index in [4.69, 9.17) is 9.47 Å². The molecule has 152 valence electrons. The number of hydrogen-bond acceptors (Lipinski definition) is 5. The van der Waals surface area contributed by atoms with Crippen LogP contribution in [0.25, 0.3) is 0 Å². The molecular formula is C20H26N2O5S. The highest BCUT2D eigenvalue weighted by molar-refractivity contribution is 7.92. The average Bonchev–Trinajstić information content (AvgIpc) is 2.61. The number of benzene rings is 2. The Morgan fingerprint density at radius 3 is 2.32 bits per heavy atom. The van der Waals surface area contributed by atoms with E-state index in [-0.39, 0.29) is 23.5 Å². The van der Waals surface area contributed by atoms with Gasteiger partial charge in [-0.1, -0.05) is 0 Å². The third-order valence-electron chi connectivity index (χ3n) is 3.68. The van der Waals surface area contributed by atoms with Crippen molar-refractivity contribution < 1.29 is 22.7 Å². The minimum Gasteiger partial charge on any atom is -0.494 e. The van der Waals surface area contributed by atoms with E-state index in [1.54, 1.807) is 37.3 Å². The second-order valence-electron chi connectivity index (χ2n) is 6.50. The maximum Gasteiger partial charge on any atom is 0.261 e. The van der Waals surface area contributed by atoms with Gasteiger partial charge in [-0.15, -0.1) is 0 Å². The zero-order chi connectivity index (χ0) is 20.7. The molecule has 0 fully saturated rings. The van der Waals surface area contributed by atoms with Crippen molar-refractivity contribution in [3.63, 3.8) is 0 Å². The second kappa shape index (κ2) is 9.45. The van der Waals surface area contributed by atoms with E-state index in [9.17, 15) is 13.2 Å². The van der Waals surface area contributed by atoms with E-state index in [0.717, 1.165) is 0 Å². The molecule has 0 aliphatic heterocycles. The van der Waals surface area contributed by atoms with Gasteiger partial charge in [0.1, 0.15) is 11.5 Å². The Hall–Kier alpha value is -2.74. The summed E-state index contributed by atoms with van der Waals surface area (Å²) in [5.41, 5.74) is 1.05. The molecule has 0 spiro atoms. The van der Waals surface area contributed by atoms with E-state index >= 15 is 0 Å². The van der Waals surface area contributed by atoms with Gasteiger partial charge >= 0.3 is 0 Å². The van der Waals surface area contributed by atoms with Crippen LogP contribution in [0.3, 0.4) is 0 Å². The lowest BCUT2D eigenvalue weighted by atomic mass is 10.2. The zero-order valence-electron chi connectivity index (χ0n) is 16.5. The summed E-state index contributed by atoms with van der Waals surface area (Å²) in [5, 5.41) is 2.73. The fourth-order valence-electron chi connectivity index (χ4n) is 2.46. The van der Waals surface area contributed by atoms with Crippen LogP contribution in [0.2, 0.25) is 0 Å². The molecular weight excluding hydrogens is 380 g/mol. The van der Waals surface area contributed by atoms with Gasteiger partial charge in [-0.2, -0.15) is 0 Å². The number of hydrogen-bond donors (Lipinski definition) is 2. The molecule has 0 unspecified atom stereocenters. The summed E-state index contributed by atoms with van der Waals surface area (Å²) < 4.78 is 38.6. The minimum absolute atomic E-state index is 0.0263. The number of nitrogens with one attached hydrogen (secondary N) is 2. The van der Waals surface area contributed by atoms with Gasteiger partial charge < -0.3 is 14.8 Å². The van der Waals surface area contributed by atoms with Crippen LogP contribution in [0.4, 0.5) is 5.69 Å². The van der Waals surface area contributed by atoms with Crippen LogP contribution >= 0.6 is 0 Å². The van der Waals surface area contributed by atoms with Crippen LogP contribution in [0, 0.1) is 6.92 Å². The normalized spacial score (nSPS) is 11.2. The first-order valence-corrected chi connectivity index (χ1v) is 10.5. The van der Waals surface area contributed by atoms with Gasteiger partial charge in [0.15, 0.2) is 6.61 Å². The third kappa shape index (κ3) is 6.16. The van der Waals surface area contributed by atoms with E-state index in [1.807, 2.05) is 20.8 Å². The van der Waals surface area contributed by atoms with Gasteiger partial charge in [0.25, 0.3) is 15.9 Å². The zero-order valence-corrected chi connectivity index (χ0v) is 17.3. The molecule has 0 aromatic heterocycles. The first kappa shape index (κ1) is 21.6. The highest BCUT2D eigenvalue weighted by Gasteiger charge is 2.16. The van der Waals surface area contributed by atoms with Crippen LogP contribution in [-0.2, 0) is 14.8 Å². The van der Waals surface area contributed by atoms with Crippen molar-refractivity contribution in [2.75, 3.05) is 17.9 Å². The molecule has 28 heavy (non-hydrogen) atoms.